The van der Waals surface area contributed by atoms with Crippen LogP contribution in [0.25, 0.3) is 22.0 Å². The van der Waals surface area contributed by atoms with E-state index < -0.39 is 0 Å². The Bertz CT molecular complexity index is 815. The van der Waals surface area contributed by atoms with Gasteiger partial charge in [-0.3, -0.25) is 4.98 Å². The van der Waals surface area contributed by atoms with Crippen molar-refractivity contribution in [3.8, 4) is 28.5 Å². The Kier molecular flexibility index (Phi) is 3.83. The first-order valence-corrected chi connectivity index (χ1v) is 6.92. The molecule has 22 heavy (non-hydrogen) atoms. The second kappa shape index (κ2) is 5.93. The van der Waals surface area contributed by atoms with Crippen LogP contribution in [0.1, 0.15) is 0 Å². The minimum absolute atomic E-state index is 0.629. The molecule has 0 aliphatic rings. The molecule has 0 amide bonds. The molecule has 2 aromatic carbocycles. The highest BCUT2D eigenvalue weighted by Gasteiger charge is 2.14. The fourth-order valence-corrected chi connectivity index (χ4v) is 2.46. The average Bonchev–Trinajstić information content (AvgIpc) is 2.60. The molecular formula is C18H17NO3. The maximum atomic E-state index is 5.48. The van der Waals surface area contributed by atoms with Gasteiger partial charge in [0.2, 0.25) is 0 Å². The maximum absolute atomic E-state index is 5.48. The predicted molar refractivity (Wildman–Crippen MR) is 86.8 cm³/mol. The molecule has 3 aromatic rings. The third kappa shape index (κ3) is 2.44. The molecule has 0 saturated carbocycles. The van der Waals surface area contributed by atoms with Crippen molar-refractivity contribution in [2.75, 3.05) is 21.3 Å². The molecule has 0 N–H and O–H groups in total. The number of hydrogen-bond acceptors (Lipinski definition) is 4. The topological polar surface area (TPSA) is 40.6 Å². The highest BCUT2D eigenvalue weighted by molar-refractivity contribution is 5.86. The van der Waals surface area contributed by atoms with E-state index in [1.165, 1.54) is 0 Å². The van der Waals surface area contributed by atoms with Gasteiger partial charge in [0.1, 0.15) is 5.75 Å². The summed E-state index contributed by atoms with van der Waals surface area (Å²) in [5.41, 5.74) is 1.70. The molecule has 1 aromatic heterocycles. The molecule has 4 nitrogen and oxygen atoms in total. The summed E-state index contributed by atoms with van der Waals surface area (Å²) in [7, 11) is 4.85. The second-order valence-electron chi connectivity index (χ2n) is 4.82. The van der Waals surface area contributed by atoms with E-state index >= 15 is 0 Å². The lowest BCUT2D eigenvalue weighted by Crippen LogP contribution is -1.95. The summed E-state index contributed by atoms with van der Waals surface area (Å²) in [5, 5.41) is 2.23. The molecule has 0 unspecified atom stereocenters. The lowest BCUT2D eigenvalue weighted by molar-refractivity contribution is 0.349. The standard InChI is InChI=1S/C18H17NO3/c1-20-16-10-18(22-3)17(21-2)9-14(16)15-8-12-6-4-5-7-13(12)11-19-15/h4-11H,1-3H3. The molecular weight excluding hydrogens is 278 g/mol. The fourth-order valence-electron chi connectivity index (χ4n) is 2.46. The van der Waals surface area contributed by atoms with Crippen LogP contribution in [-0.2, 0) is 0 Å². The Morgan fingerprint density at radius 1 is 0.727 bits per heavy atom. The van der Waals surface area contributed by atoms with Gasteiger partial charge >= 0.3 is 0 Å². The number of hydrogen-bond donors (Lipinski definition) is 0. The summed E-state index contributed by atoms with van der Waals surface area (Å²) in [5.74, 6) is 1.97. The summed E-state index contributed by atoms with van der Waals surface area (Å²) in [6, 6.07) is 13.9. The fraction of sp³-hybridized carbons (Fsp3) is 0.167. The predicted octanol–water partition coefficient (Wildman–Crippen LogP) is 3.93. The van der Waals surface area contributed by atoms with Crippen molar-refractivity contribution in [2.24, 2.45) is 0 Å². The SMILES string of the molecule is COc1cc(OC)c(-c2cc3ccccc3cn2)cc1OC. The molecule has 0 radical (unpaired) electrons. The third-order valence-corrected chi connectivity index (χ3v) is 3.61. The Balaban J connectivity index is 2.19. The van der Waals surface area contributed by atoms with Gasteiger partial charge in [0.15, 0.2) is 11.5 Å². The first kappa shape index (κ1) is 14.2. The number of methoxy groups -OCH3 is 3. The molecule has 0 fully saturated rings. The van der Waals surface area contributed by atoms with E-state index in [0.717, 1.165) is 22.0 Å². The van der Waals surface area contributed by atoms with E-state index in [9.17, 15) is 0 Å². The molecule has 0 atom stereocenters. The Morgan fingerprint density at radius 3 is 2.05 bits per heavy atom. The largest absolute Gasteiger partial charge is 0.496 e. The first-order valence-electron chi connectivity index (χ1n) is 6.92. The van der Waals surface area contributed by atoms with Crippen LogP contribution in [0.15, 0.2) is 48.7 Å². The minimum Gasteiger partial charge on any atom is -0.496 e. The number of aromatic nitrogens is 1. The second-order valence-corrected chi connectivity index (χ2v) is 4.82. The van der Waals surface area contributed by atoms with Gasteiger partial charge in [-0.2, -0.15) is 0 Å². The van der Waals surface area contributed by atoms with E-state index in [4.69, 9.17) is 14.2 Å². The van der Waals surface area contributed by atoms with E-state index in [2.05, 4.69) is 11.1 Å². The zero-order chi connectivity index (χ0) is 15.5. The van der Waals surface area contributed by atoms with Crippen LogP contribution in [0.5, 0.6) is 17.2 Å². The Morgan fingerprint density at radius 2 is 1.36 bits per heavy atom. The normalized spacial score (nSPS) is 10.5. The van der Waals surface area contributed by atoms with Crippen molar-refractivity contribution in [1.82, 2.24) is 4.98 Å². The maximum Gasteiger partial charge on any atom is 0.164 e. The lowest BCUT2D eigenvalue weighted by Gasteiger charge is -2.14. The van der Waals surface area contributed by atoms with Crippen molar-refractivity contribution < 1.29 is 14.2 Å². The summed E-state index contributed by atoms with van der Waals surface area (Å²) < 4.78 is 16.2. The number of pyridine rings is 1. The number of nitrogens with zero attached hydrogens (tertiary/aromatic N) is 1. The molecule has 1 heterocycles. The monoisotopic (exact) mass is 295 g/mol. The van der Waals surface area contributed by atoms with Gasteiger partial charge in [-0.1, -0.05) is 24.3 Å². The smallest absolute Gasteiger partial charge is 0.164 e. The Hall–Kier alpha value is -2.75. The van der Waals surface area contributed by atoms with Crippen LogP contribution < -0.4 is 14.2 Å². The molecule has 112 valence electrons. The number of benzene rings is 2. The van der Waals surface area contributed by atoms with Crippen LogP contribution in [0.3, 0.4) is 0 Å². The summed E-state index contributed by atoms with van der Waals surface area (Å²) in [4.78, 5) is 4.54. The van der Waals surface area contributed by atoms with E-state index in [1.54, 1.807) is 21.3 Å². The van der Waals surface area contributed by atoms with Gasteiger partial charge in [-0.05, 0) is 17.5 Å². The zero-order valence-corrected chi connectivity index (χ0v) is 12.8. The van der Waals surface area contributed by atoms with E-state index in [0.29, 0.717) is 17.2 Å². The van der Waals surface area contributed by atoms with Crippen LogP contribution in [0.2, 0.25) is 0 Å². The van der Waals surface area contributed by atoms with Gasteiger partial charge < -0.3 is 14.2 Å². The van der Waals surface area contributed by atoms with Gasteiger partial charge in [-0.15, -0.1) is 0 Å². The zero-order valence-electron chi connectivity index (χ0n) is 12.8. The highest BCUT2D eigenvalue weighted by atomic mass is 16.5. The number of rotatable bonds is 4. The van der Waals surface area contributed by atoms with Gasteiger partial charge in [0.05, 0.1) is 27.0 Å². The summed E-state index contributed by atoms with van der Waals surface area (Å²) in [6.45, 7) is 0. The van der Waals surface area contributed by atoms with E-state index in [-0.39, 0.29) is 0 Å². The third-order valence-electron chi connectivity index (χ3n) is 3.61. The van der Waals surface area contributed by atoms with Crippen LogP contribution in [0.4, 0.5) is 0 Å². The van der Waals surface area contributed by atoms with E-state index in [1.807, 2.05) is 42.6 Å². The van der Waals surface area contributed by atoms with Crippen molar-refractivity contribution >= 4 is 10.8 Å². The van der Waals surface area contributed by atoms with Gasteiger partial charge in [0.25, 0.3) is 0 Å². The molecule has 4 heteroatoms. The number of ether oxygens (including phenoxy) is 3. The minimum atomic E-state index is 0.629. The van der Waals surface area contributed by atoms with Gasteiger partial charge in [0, 0.05) is 23.2 Å². The van der Waals surface area contributed by atoms with Gasteiger partial charge in [-0.25, -0.2) is 0 Å². The Labute approximate surface area is 129 Å². The average molecular weight is 295 g/mol. The van der Waals surface area contributed by atoms with Crippen molar-refractivity contribution in [2.45, 2.75) is 0 Å². The van der Waals surface area contributed by atoms with Crippen LogP contribution >= 0.6 is 0 Å². The summed E-state index contributed by atoms with van der Waals surface area (Å²) >= 11 is 0. The lowest BCUT2D eigenvalue weighted by atomic mass is 10.1. The first-order chi connectivity index (χ1) is 10.8. The van der Waals surface area contributed by atoms with Crippen molar-refractivity contribution in [1.29, 1.82) is 0 Å². The van der Waals surface area contributed by atoms with Crippen LogP contribution in [0, 0.1) is 0 Å². The highest BCUT2D eigenvalue weighted by Crippen LogP contribution is 2.39. The molecule has 0 aliphatic carbocycles. The van der Waals surface area contributed by atoms with Crippen molar-refractivity contribution in [3.63, 3.8) is 0 Å². The molecule has 0 spiro atoms. The molecule has 0 bridgehead atoms. The molecule has 0 saturated heterocycles. The number of fused-ring (bicyclic) bond motifs is 1. The quantitative estimate of drug-likeness (QED) is 0.731. The summed E-state index contributed by atoms with van der Waals surface area (Å²) in [6.07, 6.45) is 1.86. The molecule has 3 rings (SSSR count). The molecule has 0 aliphatic heterocycles. The van der Waals surface area contributed by atoms with Crippen molar-refractivity contribution in [3.05, 3.63) is 48.7 Å². The van der Waals surface area contributed by atoms with Crippen LogP contribution in [-0.4, -0.2) is 26.3 Å².